The average molecular weight is 437 g/mol. The molecule has 0 spiro atoms. The molecule has 30 heavy (non-hydrogen) atoms. The normalized spacial score (nSPS) is 15.7. The summed E-state index contributed by atoms with van der Waals surface area (Å²) in [7, 11) is -1.07. The second-order valence-electron chi connectivity index (χ2n) is 6.75. The first-order valence-electron chi connectivity index (χ1n) is 9.17. The van der Waals surface area contributed by atoms with Crippen LogP contribution in [0.15, 0.2) is 41.3 Å². The molecule has 0 bridgehead atoms. The number of para-hydroxylation sites is 1. The van der Waals surface area contributed by atoms with Gasteiger partial charge in [0.25, 0.3) is 5.69 Å². The number of ether oxygens (including phenoxy) is 2. The van der Waals surface area contributed by atoms with Gasteiger partial charge in [0.1, 0.15) is 0 Å². The van der Waals surface area contributed by atoms with Crippen molar-refractivity contribution in [2.45, 2.75) is 11.4 Å². The van der Waals surface area contributed by atoms with E-state index in [1.807, 2.05) is 0 Å². The first kappa shape index (κ1) is 21.8. The molecule has 0 aliphatic carbocycles. The Morgan fingerprint density at radius 1 is 1.07 bits per heavy atom. The number of nitrogens with zero attached hydrogens (tertiary/aromatic N) is 3. The number of piperazine rings is 1. The first-order chi connectivity index (χ1) is 14.3. The minimum Gasteiger partial charge on any atom is -0.502 e. The van der Waals surface area contributed by atoms with Gasteiger partial charge < -0.3 is 14.6 Å². The van der Waals surface area contributed by atoms with Gasteiger partial charge in [-0.15, -0.1) is 0 Å². The van der Waals surface area contributed by atoms with E-state index in [-0.39, 0.29) is 23.7 Å². The van der Waals surface area contributed by atoms with E-state index in [4.69, 9.17) is 9.47 Å². The quantitative estimate of drug-likeness (QED) is 0.514. The van der Waals surface area contributed by atoms with Crippen molar-refractivity contribution >= 4 is 15.7 Å². The number of methoxy groups -OCH3 is 2. The smallest absolute Gasteiger partial charge is 0.289 e. The number of hydrogen-bond acceptors (Lipinski definition) is 8. The number of phenols is 1. The van der Waals surface area contributed by atoms with Crippen molar-refractivity contribution in [2.24, 2.45) is 0 Å². The van der Waals surface area contributed by atoms with Crippen LogP contribution in [-0.4, -0.2) is 68.1 Å². The standard InChI is InChI=1S/C19H23N3O7S/c1-28-16-11-14(12-17(29-2)19(16)23)13-20-7-9-21(10-8-20)30(26,27)18-6-4-3-5-15(18)22(24)25/h3-6,11-12,23H,7-10,13H2,1-2H3. The zero-order chi connectivity index (χ0) is 21.9. The molecule has 2 aromatic rings. The minimum atomic E-state index is -3.97. The van der Waals surface area contributed by atoms with Crippen molar-refractivity contribution < 1.29 is 27.9 Å². The highest BCUT2D eigenvalue weighted by molar-refractivity contribution is 7.89. The van der Waals surface area contributed by atoms with Gasteiger partial charge in [0, 0.05) is 38.8 Å². The third kappa shape index (κ3) is 4.32. The van der Waals surface area contributed by atoms with Gasteiger partial charge in [0.05, 0.1) is 19.1 Å². The number of rotatable bonds is 7. The summed E-state index contributed by atoms with van der Waals surface area (Å²) in [5.74, 6) is 0.507. The van der Waals surface area contributed by atoms with Gasteiger partial charge in [0.2, 0.25) is 15.8 Å². The molecule has 0 amide bonds. The number of sulfonamides is 1. The van der Waals surface area contributed by atoms with Crippen molar-refractivity contribution in [2.75, 3.05) is 40.4 Å². The fraction of sp³-hybridized carbons (Fsp3) is 0.368. The maximum atomic E-state index is 12.9. The van der Waals surface area contributed by atoms with Crippen molar-refractivity contribution in [3.63, 3.8) is 0 Å². The summed E-state index contributed by atoms with van der Waals surface area (Å²) in [6.07, 6.45) is 0. The summed E-state index contributed by atoms with van der Waals surface area (Å²) in [5.41, 5.74) is 0.416. The summed E-state index contributed by atoms with van der Waals surface area (Å²) < 4.78 is 37.5. The average Bonchev–Trinajstić information content (AvgIpc) is 2.75. The molecular formula is C19H23N3O7S. The maximum absolute atomic E-state index is 12.9. The van der Waals surface area contributed by atoms with Crippen molar-refractivity contribution in [3.8, 4) is 17.2 Å². The van der Waals surface area contributed by atoms with Crippen LogP contribution >= 0.6 is 0 Å². The fourth-order valence-electron chi connectivity index (χ4n) is 3.39. The predicted molar refractivity (Wildman–Crippen MR) is 108 cm³/mol. The van der Waals surface area contributed by atoms with Gasteiger partial charge in [-0.3, -0.25) is 15.0 Å². The zero-order valence-electron chi connectivity index (χ0n) is 16.6. The third-order valence-electron chi connectivity index (χ3n) is 4.96. The van der Waals surface area contributed by atoms with E-state index in [9.17, 15) is 23.6 Å². The monoisotopic (exact) mass is 437 g/mol. The van der Waals surface area contributed by atoms with E-state index in [1.165, 1.54) is 42.8 Å². The van der Waals surface area contributed by atoms with Gasteiger partial charge in [-0.2, -0.15) is 4.31 Å². The van der Waals surface area contributed by atoms with Crippen LogP contribution in [0.1, 0.15) is 5.56 Å². The summed E-state index contributed by atoms with van der Waals surface area (Å²) in [6, 6.07) is 8.77. The Hall–Kier alpha value is -2.89. The second-order valence-corrected chi connectivity index (χ2v) is 8.66. The summed E-state index contributed by atoms with van der Waals surface area (Å²) in [4.78, 5) is 12.3. The van der Waals surface area contributed by atoms with E-state index >= 15 is 0 Å². The molecule has 0 saturated carbocycles. The molecule has 0 aromatic heterocycles. The lowest BCUT2D eigenvalue weighted by Crippen LogP contribution is -2.48. The molecule has 3 rings (SSSR count). The van der Waals surface area contributed by atoms with Gasteiger partial charge in [-0.05, 0) is 23.8 Å². The van der Waals surface area contributed by atoms with Gasteiger partial charge >= 0.3 is 0 Å². The Labute approximate surface area is 174 Å². The molecule has 2 aromatic carbocycles. The van der Waals surface area contributed by atoms with Gasteiger partial charge in [-0.25, -0.2) is 8.42 Å². The fourth-order valence-corrected chi connectivity index (χ4v) is 4.97. The van der Waals surface area contributed by atoms with Crippen LogP contribution in [0, 0.1) is 10.1 Å². The molecule has 10 nitrogen and oxygen atoms in total. The van der Waals surface area contributed by atoms with Crippen LogP contribution in [-0.2, 0) is 16.6 Å². The topological polar surface area (TPSA) is 122 Å². The molecule has 1 heterocycles. The molecule has 0 radical (unpaired) electrons. The lowest BCUT2D eigenvalue weighted by Gasteiger charge is -2.34. The Kier molecular flexibility index (Phi) is 6.44. The van der Waals surface area contributed by atoms with E-state index < -0.39 is 20.6 Å². The Bertz CT molecular complexity index is 1010. The van der Waals surface area contributed by atoms with Gasteiger partial charge in [-0.1, -0.05) is 12.1 Å². The van der Waals surface area contributed by atoms with Gasteiger partial charge in [0.15, 0.2) is 16.4 Å². The highest BCUT2D eigenvalue weighted by Gasteiger charge is 2.33. The van der Waals surface area contributed by atoms with E-state index in [2.05, 4.69) is 4.90 Å². The lowest BCUT2D eigenvalue weighted by atomic mass is 10.1. The Balaban J connectivity index is 1.72. The lowest BCUT2D eigenvalue weighted by molar-refractivity contribution is -0.387. The van der Waals surface area contributed by atoms with Crippen molar-refractivity contribution in [3.05, 3.63) is 52.1 Å². The van der Waals surface area contributed by atoms with Crippen molar-refractivity contribution in [1.82, 2.24) is 9.21 Å². The number of nitro benzene ring substituents is 1. The third-order valence-corrected chi connectivity index (χ3v) is 6.90. The van der Waals surface area contributed by atoms with E-state index in [0.29, 0.717) is 31.1 Å². The number of hydrogen-bond donors (Lipinski definition) is 1. The Morgan fingerprint density at radius 3 is 2.17 bits per heavy atom. The SMILES string of the molecule is COc1cc(CN2CCN(S(=O)(=O)c3ccccc3[N+](=O)[O-])CC2)cc(OC)c1O. The van der Waals surface area contributed by atoms with Crippen LogP contribution in [0.25, 0.3) is 0 Å². The number of phenolic OH excluding ortho intramolecular Hbond substituents is 1. The van der Waals surface area contributed by atoms with E-state index in [0.717, 1.165) is 5.56 Å². The highest BCUT2D eigenvalue weighted by atomic mass is 32.2. The Morgan fingerprint density at radius 2 is 1.63 bits per heavy atom. The predicted octanol–water partition coefficient (Wildman–Crippen LogP) is 1.82. The molecule has 1 N–H and O–H groups in total. The number of aromatic hydroxyl groups is 1. The maximum Gasteiger partial charge on any atom is 0.289 e. The van der Waals surface area contributed by atoms with Crippen LogP contribution in [0.2, 0.25) is 0 Å². The molecule has 1 aliphatic rings. The summed E-state index contributed by atoms with van der Waals surface area (Å²) in [5, 5.41) is 21.2. The molecule has 0 unspecified atom stereocenters. The van der Waals surface area contributed by atoms with Crippen LogP contribution in [0.5, 0.6) is 17.2 Å². The molecule has 1 aliphatic heterocycles. The second kappa shape index (κ2) is 8.86. The zero-order valence-corrected chi connectivity index (χ0v) is 17.5. The molecule has 1 saturated heterocycles. The molecule has 1 fully saturated rings. The van der Waals surface area contributed by atoms with Crippen LogP contribution < -0.4 is 9.47 Å². The molecule has 11 heteroatoms. The number of nitro groups is 1. The number of benzene rings is 2. The molecule has 0 atom stereocenters. The van der Waals surface area contributed by atoms with Crippen LogP contribution in [0.3, 0.4) is 0 Å². The van der Waals surface area contributed by atoms with Crippen LogP contribution in [0.4, 0.5) is 5.69 Å². The summed E-state index contributed by atoms with van der Waals surface area (Å²) in [6.45, 7) is 1.82. The first-order valence-corrected chi connectivity index (χ1v) is 10.6. The molecule has 162 valence electrons. The van der Waals surface area contributed by atoms with E-state index in [1.54, 1.807) is 12.1 Å². The molecular weight excluding hydrogens is 414 g/mol. The highest BCUT2D eigenvalue weighted by Crippen LogP contribution is 2.37. The minimum absolute atomic E-state index is 0.0795. The van der Waals surface area contributed by atoms with Crippen molar-refractivity contribution in [1.29, 1.82) is 0 Å². The summed E-state index contributed by atoms with van der Waals surface area (Å²) >= 11 is 0. The largest absolute Gasteiger partial charge is 0.502 e.